The number of rotatable bonds is 6. The molecule has 0 aliphatic carbocycles. The van der Waals surface area contributed by atoms with E-state index in [0.717, 1.165) is 39.2 Å². The van der Waals surface area contributed by atoms with Gasteiger partial charge in [0.25, 0.3) is 5.69 Å². The highest BCUT2D eigenvalue weighted by Crippen LogP contribution is 2.33. The molecule has 0 aliphatic heterocycles. The second-order valence-electron chi connectivity index (χ2n) is 6.07. The molecule has 0 radical (unpaired) electrons. The van der Waals surface area contributed by atoms with Crippen LogP contribution in [0.25, 0.3) is 10.8 Å². The molecule has 0 saturated heterocycles. The number of phenolic OH excluding ortho intramolecular Hbond substituents is 1. The third kappa shape index (κ3) is 4.52. The van der Waals surface area contributed by atoms with Gasteiger partial charge in [0, 0.05) is 16.1 Å². The van der Waals surface area contributed by atoms with E-state index in [2.05, 4.69) is 26.5 Å². The predicted molar refractivity (Wildman–Crippen MR) is 112 cm³/mol. The van der Waals surface area contributed by atoms with E-state index in [1.54, 1.807) is 0 Å². The van der Waals surface area contributed by atoms with E-state index < -0.39 is 4.92 Å². The zero-order valence-corrected chi connectivity index (χ0v) is 16.8. The first-order chi connectivity index (χ1) is 13.9. The summed E-state index contributed by atoms with van der Waals surface area (Å²) < 4.78 is 5.86. The summed E-state index contributed by atoms with van der Waals surface area (Å²) in [6.07, 6.45) is 1.22. The highest BCUT2D eigenvalue weighted by atomic mass is 79.9. The summed E-state index contributed by atoms with van der Waals surface area (Å²) in [4.78, 5) is 22.7. The second-order valence-corrected chi connectivity index (χ2v) is 6.92. The van der Waals surface area contributed by atoms with Crippen molar-refractivity contribution in [1.82, 2.24) is 5.43 Å². The summed E-state index contributed by atoms with van der Waals surface area (Å²) in [5.74, 6) is -0.742. The fourth-order valence-electron chi connectivity index (χ4n) is 2.84. The van der Waals surface area contributed by atoms with Crippen LogP contribution in [-0.4, -0.2) is 29.3 Å². The summed E-state index contributed by atoms with van der Waals surface area (Å²) in [5, 5.41) is 26.8. The van der Waals surface area contributed by atoms with Crippen LogP contribution in [0.5, 0.6) is 11.5 Å². The van der Waals surface area contributed by atoms with Crippen LogP contribution >= 0.6 is 15.9 Å². The zero-order valence-electron chi connectivity index (χ0n) is 15.3. The molecule has 1 amide bonds. The van der Waals surface area contributed by atoms with Gasteiger partial charge in [0.05, 0.1) is 30.7 Å². The average Bonchev–Trinajstić information content (AvgIpc) is 2.71. The number of nitrogens with zero attached hydrogens (tertiary/aromatic N) is 2. The monoisotopic (exact) mass is 457 g/mol. The summed E-state index contributed by atoms with van der Waals surface area (Å²) in [6, 6.07) is 13.7. The topological polar surface area (TPSA) is 114 Å². The van der Waals surface area contributed by atoms with Crippen molar-refractivity contribution < 1.29 is 19.6 Å². The minimum Gasteiger partial charge on any atom is -0.504 e. The van der Waals surface area contributed by atoms with Gasteiger partial charge in [0.15, 0.2) is 11.5 Å². The molecule has 29 heavy (non-hydrogen) atoms. The maximum atomic E-state index is 12.3. The molecule has 0 bridgehead atoms. The molecule has 0 aliphatic rings. The van der Waals surface area contributed by atoms with E-state index in [1.165, 1.54) is 7.11 Å². The fourth-order valence-corrected chi connectivity index (χ4v) is 3.32. The number of nitro benzene ring substituents is 1. The molecule has 3 aromatic carbocycles. The number of carbonyl (C=O) groups is 1. The van der Waals surface area contributed by atoms with E-state index >= 15 is 0 Å². The quantitative estimate of drug-likeness (QED) is 0.330. The molecule has 3 aromatic rings. The molecule has 8 nitrogen and oxygen atoms in total. The molecule has 0 heterocycles. The lowest BCUT2D eigenvalue weighted by Crippen LogP contribution is -2.20. The number of hydrazone groups is 1. The Kier molecular flexibility index (Phi) is 6.08. The second kappa shape index (κ2) is 8.70. The van der Waals surface area contributed by atoms with Gasteiger partial charge < -0.3 is 9.84 Å². The lowest BCUT2D eigenvalue weighted by molar-refractivity contribution is -0.385. The average molecular weight is 458 g/mol. The number of carbonyl (C=O) groups excluding carboxylic acids is 1. The molecule has 0 fully saturated rings. The molecule has 3 rings (SSSR count). The SMILES string of the molecule is COc1cc([N+](=O)[O-])cc(C=NNC(=O)Cc2ccc(Br)c3ccccc23)c1O. The standard InChI is InChI=1S/C20H16BrN3O5/c1-29-18-10-14(24(27)28)8-13(20(18)26)11-22-23-19(25)9-12-6-7-17(21)16-5-3-2-4-15(12)16/h2-8,10-11,26H,9H2,1H3,(H,23,25). The van der Waals surface area contributed by atoms with E-state index in [0.29, 0.717) is 0 Å². The highest BCUT2D eigenvalue weighted by molar-refractivity contribution is 9.10. The zero-order chi connectivity index (χ0) is 21.0. The number of nitrogens with one attached hydrogen (secondary N) is 1. The van der Waals surface area contributed by atoms with E-state index in [1.807, 2.05) is 36.4 Å². The number of phenols is 1. The number of hydrogen-bond donors (Lipinski definition) is 2. The number of methoxy groups -OCH3 is 1. The summed E-state index contributed by atoms with van der Waals surface area (Å²) in [5.41, 5.74) is 2.98. The van der Waals surface area contributed by atoms with Crippen molar-refractivity contribution in [3.05, 3.63) is 74.2 Å². The number of fused-ring (bicyclic) bond motifs is 1. The van der Waals surface area contributed by atoms with Crippen LogP contribution in [0, 0.1) is 10.1 Å². The molecular weight excluding hydrogens is 442 g/mol. The van der Waals surface area contributed by atoms with Crippen LogP contribution in [0.1, 0.15) is 11.1 Å². The molecule has 2 N–H and O–H groups in total. The third-order valence-corrected chi connectivity index (χ3v) is 4.92. The molecule has 9 heteroatoms. The lowest BCUT2D eigenvalue weighted by atomic mass is 10.0. The number of amides is 1. The molecular formula is C20H16BrN3O5. The van der Waals surface area contributed by atoms with Crippen molar-refractivity contribution in [2.45, 2.75) is 6.42 Å². The Morgan fingerprint density at radius 1 is 1.28 bits per heavy atom. The van der Waals surface area contributed by atoms with Crippen LogP contribution in [0.3, 0.4) is 0 Å². The molecule has 0 unspecified atom stereocenters. The summed E-state index contributed by atoms with van der Waals surface area (Å²) >= 11 is 3.49. The number of halogens is 1. The third-order valence-electron chi connectivity index (χ3n) is 4.22. The number of aromatic hydroxyl groups is 1. The van der Waals surface area contributed by atoms with Gasteiger partial charge in [0.1, 0.15) is 0 Å². The summed E-state index contributed by atoms with van der Waals surface area (Å²) in [6.45, 7) is 0. The molecule has 0 aromatic heterocycles. The van der Waals surface area contributed by atoms with Crippen LogP contribution in [0.15, 0.2) is 58.1 Å². The van der Waals surface area contributed by atoms with Crippen molar-refractivity contribution in [3.63, 3.8) is 0 Å². The molecule has 0 spiro atoms. The smallest absolute Gasteiger partial charge is 0.274 e. The largest absolute Gasteiger partial charge is 0.504 e. The number of nitro groups is 1. The van der Waals surface area contributed by atoms with Crippen LogP contribution in [0.2, 0.25) is 0 Å². The Bertz CT molecular complexity index is 1130. The van der Waals surface area contributed by atoms with E-state index in [-0.39, 0.29) is 35.1 Å². The maximum absolute atomic E-state index is 12.3. The minimum absolute atomic E-state index is 0.0467. The van der Waals surface area contributed by atoms with Gasteiger partial charge in [-0.05, 0) is 22.4 Å². The Labute approximate surface area is 174 Å². The van der Waals surface area contributed by atoms with Crippen molar-refractivity contribution >= 4 is 44.5 Å². The first kappa shape index (κ1) is 20.3. The molecule has 0 saturated carbocycles. The predicted octanol–water partition coefficient (Wildman–Crippen LogP) is 3.92. The Morgan fingerprint density at radius 2 is 2.00 bits per heavy atom. The van der Waals surface area contributed by atoms with Crippen molar-refractivity contribution in [2.75, 3.05) is 7.11 Å². The van der Waals surface area contributed by atoms with E-state index in [4.69, 9.17) is 4.74 Å². The molecule has 0 atom stereocenters. The van der Waals surface area contributed by atoms with Crippen molar-refractivity contribution in [1.29, 1.82) is 0 Å². The van der Waals surface area contributed by atoms with Crippen LogP contribution in [0.4, 0.5) is 5.69 Å². The Balaban J connectivity index is 1.77. The highest BCUT2D eigenvalue weighted by Gasteiger charge is 2.16. The summed E-state index contributed by atoms with van der Waals surface area (Å²) in [7, 11) is 1.28. The van der Waals surface area contributed by atoms with Gasteiger partial charge in [0.2, 0.25) is 5.91 Å². The van der Waals surface area contributed by atoms with Gasteiger partial charge in [-0.1, -0.05) is 46.3 Å². The number of benzene rings is 3. The van der Waals surface area contributed by atoms with Crippen LogP contribution in [-0.2, 0) is 11.2 Å². The minimum atomic E-state index is -0.615. The lowest BCUT2D eigenvalue weighted by Gasteiger charge is -2.08. The normalized spacial score (nSPS) is 11.0. The van der Waals surface area contributed by atoms with Gasteiger partial charge >= 0.3 is 0 Å². The van der Waals surface area contributed by atoms with Gasteiger partial charge in [-0.15, -0.1) is 0 Å². The number of hydrogen-bond acceptors (Lipinski definition) is 6. The van der Waals surface area contributed by atoms with Crippen molar-refractivity contribution in [2.24, 2.45) is 5.10 Å². The van der Waals surface area contributed by atoms with Gasteiger partial charge in [-0.25, -0.2) is 5.43 Å². The Hall–Kier alpha value is -3.46. The maximum Gasteiger partial charge on any atom is 0.274 e. The number of ether oxygens (including phenoxy) is 1. The van der Waals surface area contributed by atoms with E-state index in [9.17, 15) is 20.0 Å². The Morgan fingerprint density at radius 3 is 2.69 bits per heavy atom. The fraction of sp³-hybridized carbons (Fsp3) is 0.100. The first-order valence-electron chi connectivity index (χ1n) is 8.44. The van der Waals surface area contributed by atoms with Gasteiger partial charge in [-0.2, -0.15) is 5.10 Å². The number of non-ortho nitro benzene ring substituents is 1. The first-order valence-corrected chi connectivity index (χ1v) is 9.23. The van der Waals surface area contributed by atoms with Crippen LogP contribution < -0.4 is 10.2 Å². The van der Waals surface area contributed by atoms with Crippen molar-refractivity contribution in [3.8, 4) is 11.5 Å². The van der Waals surface area contributed by atoms with Gasteiger partial charge in [-0.3, -0.25) is 14.9 Å². The molecule has 148 valence electrons.